The number of aromatic nitrogens is 1. The molecule has 86 valence electrons. The molecule has 1 aliphatic heterocycles. The summed E-state index contributed by atoms with van der Waals surface area (Å²) in [6.45, 7) is 3.59. The molecule has 0 aliphatic carbocycles. The van der Waals surface area contributed by atoms with Gasteiger partial charge in [0.15, 0.2) is 0 Å². The van der Waals surface area contributed by atoms with Crippen molar-refractivity contribution in [2.75, 3.05) is 18.4 Å². The van der Waals surface area contributed by atoms with Gasteiger partial charge in [0.2, 0.25) is 11.9 Å². The molecule has 1 saturated heterocycles. The molecule has 0 saturated carbocycles. The van der Waals surface area contributed by atoms with Crippen molar-refractivity contribution in [2.45, 2.75) is 6.92 Å². The van der Waals surface area contributed by atoms with Crippen molar-refractivity contribution in [2.24, 2.45) is 11.8 Å². The Kier molecular flexibility index (Phi) is 3.14. The summed E-state index contributed by atoms with van der Waals surface area (Å²) in [5.74, 6) is -0.279. The number of hydrogen-bond donors (Lipinski definition) is 2. The number of pyridine rings is 1. The van der Waals surface area contributed by atoms with E-state index in [0.717, 1.165) is 6.54 Å². The molecule has 5 heteroatoms. The number of nitrogens with one attached hydrogen (secondary N) is 2. The van der Waals surface area contributed by atoms with Crippen LogP contribution in [0.5, 0.6) is 0 Å². The Morgan fingerprint density at radius 3 is 2.94 bits per heavy atom. The van der Waals surface area contributed by atoms with Crippen LogP contribution in [0.4, 0.5) is 10.1 Å². The van der Waals surface area contributed by atoms with Crippen molar-refractivity contribution in [3.63, 3.8) is 0 Å². The molecule has 2 heterocycles. The molecule has 2 atom stereocenters. The molecule has 1 fully saturated rings. The van der Waals surface area contributed by atoms with Crippen LogP contribution in [0.25, 0.3) is 0 Å². The molecule has 2 N–H and O–H groups in total. The lowest BCUT2D eigenvalue weighted by Gasteiger charge is -2.13. The van der Waals surface area contributed by atoms with E-state index in [-0.39, 0.29) is 11.8 Å². The van der Waals surface area contributed by atoms with Gasteiger partial charge in [-0.1, -0.05) is 6.92 Å². The van der Waals surface area contributed by atoms with E-state index in [1.807, 2.05) is 6.92 Å². The van der Waals surface area contributed by atoms with Crippen LogP contribution in [0.2, 0.25) is 0 Å². The number of amides is 1. The molecule has 1 aromatic rings. The lowest BCUT2D eigenvalue weighted by Crippen LogP contribution is -2.27. The fraction of sp³-hybridized carbons (Fsp3) is 0.455. The third-order valence-corrected chi connectivity index (χ3v) is 2.85. The first kappa shape index (κ1) is 11.0. The van der Waals surface area contributed by atoms with Gasteiger partial charge in [-0.15, -0.1) is 0 Å². The van der Waals surface area contributed by atoms with Gasteiger partial charge in [-0.05, 0) is 24.6 Å². The first-order valence-corrected chi connectivity index (χ1v) is 5.30. The summed E-state index contributed by atoms with van der Waals surface area (Å²) in [5.41, 5.74) is 0.533. The summed E-state index contributed by atoms with van der Waals surface area (Å²) >= 11 is 0. The Morgan fingerprint density at radius 1 is 1.56 bits per heavy atom. The lowest BCUT2D eigenvalue weighted by molar-refractivity contribution is -0.120. The number of carbonyl (C=O) groups excluding carboxylic acids is 1. The van der Waals surface area contributed by atoms with Gasteiger partial charge in [-0.3, -0.25) is 4.79 Å². The van der Waals surface area contributed by atoms with Gasteiger partial charge in [0.1, 0.15) is 0 Å². The number of anilines is 1. The smallest absolute Gasteiger partial charge is 0.229 e. The minimum absolute atomic E-state index is 0.0231. The van der Waals surface area contributed by atoms with Gasteiger partial charge < -0.3 is 10.6 Å². The summed E-state index contributed by atoms with van der Waals surface area (Å²) in [4.78, 5) is 15.3. The van der Waals surface area contributed by atoms with E-state index < -0.39 is 5.95 Å². The van der Waals surface area contributed by atoms with Crippen LogP contribution in [0.1, 0.15) is 6.92 Å². The maximum absolute atomic E-state index is 12.6. The Bertz CT molecular complexity index is 379. The Hall–Kier alpha value is -1.49. The zero-order chi connectivity index (χ0) is 11.5. The quantitative estimate of drug-likeness (QED) is 0.736. The second kappa shape index (κ2) is 4.57. The van der Waals surface area contributed by atoms with E-state index in [0.29, 0.717) is 18.2 Å². The third kappa shape index (κ3) is 2.36. The predicted octanol–water partition coefficient (Wildman–Crippen LogP) is 1.01. The average molecular weight is 223 g/mol. The second-order valence-electron chi connectivity index (χ2n) is 4.10. The molecule has 1 amide bonds. The maximum Gasteiger partial charge on any atom is 0.229 e. The number of rotatable bonds is 2. The highest BCUT2D eigenvalue weighted by Gasteiger charge is 2.29. The monoisotopic (exact) mass is 223 g/mol. The molecule has 1 aliphatic rings. The third-order valence-electron chi connectivity index (χ3n) is 2.85. The van der Waals surface area contributed by atoms with Crippen molar-refractivity contribution >= 4 is 11.6 Å². The van der Waals surface area contributed by atoms with Crippen LogP contribution in [0.3, 0.4) is 0 Å². The maximum atomic E-state index is 12.6. The Morgan fingerprint density at radius 2 is 2.38 bits per heavy atom. The van der Waals surface area contributed by atoms with Gasteiger partial charge >= 0.3 is 0 Å². The second-order valence-corrected chi connectivity index (χ2v) is 4.10. The van der Waals surface area contributed by atoms with Crippen LogP contribution in [-0.4, -0.2) is 24.0 Å². The van der Waals surface area contributed by atoms with Gasteiger partial charge in [0.25, 0.3) is 0 Å². The van der Waals surface area contributed by atoms with Crippen molar-refractivity contribution in [1.29, 1.82) is 0 Å². The highest BCUT2D eigenvalue weighted by molar-refractivity contribution is 5.92. The molecule has 16 heavy (non-hydrogen) atoms. The SMILES string of the molecule is CC1CNCC1C(=O)Nc1ccc(F)nc1. The lowest BCUT2D eigenvalue weighted by atomic mass is 9.97. The van der Waals surface area contributed by atoms with E-state index in [2.05, 4.69) is 15.6 Å². The number of hydrogen-bond acceptors (Lipinski definition) is 3. The zero-order valence-electron chi connectivity index (χ0n) is 9.03. The molecule has 0 spiro atoms. The fourth-order valence-electron chi connectivity index (χ4n) is 1.85. The van der Waals surface area contributed by atoms with Crippen LogP contribution < -0.4 is 10.6 Å². The summed E-state index contributed by atoms with van der Waals surface area (Å²) in [5, 5.41) is 5.89. The van der Waals surface area contributed by atoms with Crippen LogP contribution in [0, 0.1) is 17.8 Å². The first-order valence-electron chi connectivity index (χ1n) is 5.30. The minimum Gasteiger partial charge on any atom is -0.324 e. The minimum atomic E-state index is -0.547. The Labute approximate surface area is 93.3 Å². The van der Waals surface area contributed by atoms with E-state index in [4.69, 9.17) is 0 Å². The molecule has 0 aromatic carbocycles. The van der Waals surface area contributed by atoms with Crippen LogP contribution >= 0.6 is 0 Å². The number of carbonyl (C=O) groups is 1. The van der Waals surface area contributed by atoms with Crippen molar-refractivity contribution in [3.8, 4) is 0 Å². The molecule has 0 radical (unpaired) electrons. The molecule has 1 aromatic heterocycles. The standard InChI is InChI=1S/C11H14FN3O/c1-7-4-13-6-9(7)11(16)15-8-2-3-10(12)14-5-8/h2-3,5,7,9,13H,4,6H2,1H3,(H,15,16). The fourth-order valence-corrected chi connectivity index (χ4v) is 1.85. The summed E-state index contributed by atoms with van der Waals surface area (Å²) in [7, 11) is 0. The van der Waals surface area contributed by atoms with Crippen LogP contribution in [-0.2, 0) is 4.79 Å². The topological polar surface area (TPSA) is 54.0 Å². The van der Waals surface area contributed by atoms with E-state index in [1.54, 1.807) is 0 Å². The normalized spacial score (nSPS) is 24.4. The van der Waals surface area contributed by atoms with Crippen molar-refractivity contribution < 1.29 is 9.18 Å². The number of halogens is 1. The summed E-state index contributed by atoms with van der Waals surface area (Å²) in [6.07, 6.45) is 1.32. The highest BCUT2D eigenvalue weighted by Crippen LogP contribution is 2.18. The molecule has 2 unspecified atom stereocenters. The molecule has 4 nitrogen and oxygen atoms in total. The number of nitrogens with zero attached hydrogens (tertiary/aromatic N) is 1. The van der Waals surface area contributed by atoms with E-state index >= 15 is 0 Å². The van der Waals surface area contributed by atoms with Crippen LogP contribution in [0.15, 0.2) is 18.3 Å². The first-order chi connectivity index (χ1) is 7.66. The molecular formula is C11H14FN3O. The van der Waals surface area contributed by atoms with E-state index in [1.165, 1.54) is 18.3 Å². The van der Waals surface area contributed by atoms with Crippen molar-refractivity contribution in [3.05, 3.63) is 24.3 Å². The largest absolute Gasteiger partial charge is 0.324 e. The van der Waals surface area contributed by atoms with Gasteiger partial charge in [-0.2, -0.15) is 4.39 Å². The predicted molar refractivity (Wildman–Crippen MR) is 58.3 cm³/mol. The van der Waals surface area contributed by atoms with Gasteiger partial charge in [-0.25, -0.2) is 4.98 Å². The summed E-state index contributed by atoms with van der Waals surface area (Å²) in [6, 6.07) is 2.74. The molecule has 0 bridgehead atoms. The Balaban J connectivity index is 1.99. The molecular weight excluding hydrogens is 209 g/mol. The highest BCUT2D eigenvalue weighted by atomic mass is 19.1. The van der Waals surface area contributed by atoms with Gasteiger partial charge in [0.05, 0.1) is 17.8 Å². The average Bonchev–Trinajstić information content (AvgIpc) is 2.68. The van der Waals surface area contributed by atoms with Crippen molar-refractivity contribution in [1.82, 2.24) is 10.3 Å². The van der Waals surface area contributed by atoms with Gasteiger partial charge in [0, 0.05) is 6.54 Å². The molecule has 2 rings (SSSR count). The summed E-state index contributed by atoms with van der Waals surface area (Å²) < 4.78 is 12.6. The van der Waals surface area contributed by atoms with E-state index in [9.17, 15) is 9.18 Å². The zero-order valence-corrected chi connectivity index (χ0v) is 9.03.